The Morgan fingerprint density at radius 1 is 1.04 bits per heavy atom. The topological polar surface area (TPSA) is 85.1 Å². The van der Waals surface area contributed by atoms with Crippen molar-refractivity contribution in [2.24, 2.45) is 0 Å². The lowest BCUT2D eigenvalue weighted by atomic mass is 10.1. The third kappa shape index (κ3) is 2.95. The van der Waals surface area contributed by atoms with Crippen molar-refractivity contribution in [2.45, 2.75) is 20.8 Å². The van der Waals surface area contributed by atoms with Gasteiger partial charge in [-0.3, -0.25) is 4.79 Å². The number of hydrogen-bond acceptors (Lipinski definition) is 6. The van der Waals surface area contributed by atoms with Crippen molar-refractivity contribution in [2.75, 3.05) is 5.32 Å². The Kier molecular flexibility index (Phi) is 3.96. The maximum Gasteiger partial charge on any atom is 0.267 e. The van der Waals surface area contributed by atoms with Crippen LogP contribution in [-0.2, 0) is 0 Å². The van der Waals surface area contributed by atoms with Gasteiger partial charge in [0.15, 0.2) is 0 Å². The molecule has 0 unspecified atom stereocenters. The van der Waals surface area contributed by atoms with E-state index in [0.717, 1.165) is 34.0 Å². The Bertz CT molecular complexity index is 1070. The van der Waals surface area contributed by atoms with Gasteiger partial charge in [-0.2, -0.15) is 5.10 Å². The third-order valence-electron chi connectivity index (χ3n) is 4.11. The summed E-state index contributed by atoms with van der Waals surface area (Å²) < 4.78 is 1.68. The largest absolute Gasteiger partial charge is 0.321 e. The fourth-order valence-electron chi connectivity index (χ4n) is 2.55. The molecular formula is C18H16N6OS. The standard InChI is InChI=1S/C18H16N6OS/c1-10-11(2)23-24-8-15(22-18(24)20-10)13-4-6-14(7-5-13)21-17(25)16-12(3)19-9-26-16/h4-9H,1-3H3,(H,21,25). The number of carbonyl (C=O) groups is 1. The second-order valence-corrected chi connectivity index (χ2v) is 6.81. The average molecular weight is 364 g/mol. The lowest BCUT2D eigenvalue weighted by Crippen LogP contribution is -2.11. The summed E-state index contributed by atoms with van der Waals surface area (Å²) >= 11 is 1.33. The first-order chi connectivity index (χ1) is 12.5. The van der Waals surface area contributed by atoms with Gasteiger partial charge in [0.1, 0.15) is 4.88 Å². The molecule has 0 radical (unpaired) electrons. The van der Waals surface area contributed by atoms with Gasteiger partial charge < -0.3 is 5.32 Å². The van der Waals surface area contributed by atoms with Crippen LogP contribution in [0.5, 0.6) is 0 Å². The Morgan fingerprint density at radius 2 is 1.81 bits per heavy atom. The van der Waals surface area contributed by atoms with E-state index in [0.29, 0.717) is 10.7 Å². The molecule has 4 aromatic rings. The van der Waals surface area contributed by atoms with E-state index in [2.05, 4.69) is 25.4 Å². The van der Waals surface area contributed by atoms with Gasteiger partial charge in [0.25, 0.3) is 11.7 Å². The Balaban J connectivity index is 1.58. The van der Waals surface area contributed by atoms with Gasteiger partial charge in [-0.1, -0.05) is 12.1 Å². The summed E-state index contributed by atoms with van der Waals surface area (Å²) in [6.07, 6.45) is 1.85. The minimum Gasteiger partial charge on any atom is -0.321 e. The number of rotatable bonds is 3. The first-order valence-electron chi connectivity index (χ1n) is 8.04. The van der Waals surface area contributed by atoms with E-state index in [9.17, 15) is 4.79 Å². The Hall–Kier alpha value is -3.13. The molecule has 1 aromatic carbocycles. The highest BCUT2D eigenvalue weighted by Crippen LogP contribution is 2.22. The van der Waals surface area contributed by atoms with Crippen molar-refractivity contribution in [1.29, 1.82) is 0 Å². The molecule has 0 spiro atoms. The zero-order valence-electron chi connectivity index (χ0n) is 14.5. The molecule has 0 saturated carbocycles. The predicted molar refractivity (Wildman–Crippen MR) is 100 cm³/mol. The molecule has 4 rings (SSSR count). The maximum atomic E-state index is 12.3. The zero-order chi connectivity index (χ0) is 18.3. The van der Waals surface area contributed by atoms with Crippen LogP contribution in [0.2, 0.25) is 0 Å². The number of thiazole rings is 1. The Morgan fingerprint density at radius 3 is 2.50 bits per heavy atom. The molecule has 8 heteroatoms. The van der Waals surface area contributed by atoms with Crippen molar-refractivity contribution < 1.29 is 4.79 Å². The van der Waals surface area contributed by atoms with Crippen molar-refractivity contribution in [3.05, 3.63) is 57.9 Å². The summed E-state index contributed by atoms with van der Waals surface area (Å²) in [7, 11) is 0. The average Bonchev–Trinajstić information content (AvgIpc) is 3.22. The van der Waals surface area contributed by atoms with Crippen molar-refractivity contribution in [3.8, 4) is 11.3 Å². The van der Waals surface area contributed by atoms with Crippen LogP contribution in [0.4, 0.5) is 5.69 Å². The number of amides is 1. The van der Waals surface area contributed by atoms with E-state index in [1.54, 1.807) is 10.0 Å². The molecule has 1 N–H and O–H groups in total. The quantitative estimate of drug-likeness (QED) is 0.602. The summed E-state index contributed by atoms with van der Waals surface area (Å²) in [4.78, 5) is 25.9. The number of benzene rings is 1. The molecule has 130 valence electrons. The monoisotopic (exact) mass is 364 g/mol. The van der Waals surface area contributed by atoms with Gasteiger partial charge in [-0.25, -0.2) is 19.5 Å². The number of nitrogens with zero attached hydrogens (tertiary/aromatic N) is 5. The number of aryl methyl sites for hydroxylation is 3. The summed E-state index contributed by atoms with van der Waals surface area (Å²) in [5.74, 6) is 0.422. The van der Waals surface area contributed by atoms with E-state index < -0.39 is 0 Å². The van der Waals surface area contributed by atoms with E-state index in [1.165, 1.54) is 11.3 Å². The molecule has 1 amide bonds. The third-order valence-corrected chi connectivity index (χ3v) is 5.04. The second kappa shape index (κ2) is 6.30. The number of imidazole rings is 1. The van der Waals surface area contributed by atoms with Gasteiger partial charge in [0, 0.05) is 11.3 Å². The van der Waals surface area contributed by atoms with E-state index >= 15 is 0 Å². The molecule has 0 fully saturated rings. The normalized spacial score (nSPS) is 11.0. The summed E-state index contributed by atoms with van der Waals surface area (Å²) in [6, 6.07) is 7.53. The highest BCUT2D eigenvalue weighted by atomic mass is 32.1. The van der Waals surface area contributed by atoms with Crippen LogP contribution < -0.4 is 5.32 Å². The molecule has 7 nitrogen and oxygen atoms in total. The van der Waals surface area contributed by atoms with Crippen LogP contribution in [0.15, 0.2) is 36.0 Å². The highest BCUT2D eigenvalue weighted by Gasteiger charge is 2.12. The fraction of sp³-hybridized carbons (Fsp3) is 0.167. The van der Waals surface area contributed by atoms with Crippen molar-refractivity contribution >= 4 is 28.7 Å². The molecule has 0 aliphatic carbocycles. The van der Waals surface area contributed by atoms with Crippen LogP contribution in [0.25, 0.3) is 17.0 Å². The van der Waals surface area contributed by atoms with Gasteiger partial charge in [-0.05, 0) is 32.9 Å². The molecule has 0 aliphatic heterocycles. The van der Waals surface area contributed by atoms with Crippen molar-refractivity contribution in [1.82, 2.24) is 24.6 Å². The van der Waals surface area contributed by atoms with E-state index in [4.69, 9.17) is 0 Å². The maximum absolute atomic E-state index is 12.3. The van der Waals surface area contributed by atoms with Gasteiger partial charge in [-0.15, -0.1) is 11.3 Å². The molecule has 0 atom stereocenters. The van der Waals surface area contributed by atoms with Crippen molar-refractivity contribution in [3.63, 3.8) is 0 Å². The van der Waals surface area contributed by atoms with Crippen LogP contribution in [0.3, 0.4) is 0 Å². The summed E-state index contributed by atoms with van der Waals surface area (Å²) in [5.41, 5.74) is 6.58. The molecule has 26 heavy (non-hydrogen) atoms. The number of carbonyl (C=O) groups excluding carboxylic acids is 1. The molecule has 3 aromatic heterocycles. The number of anilines is 1. The number of hydrogen-bond donors (Lipinski definition) is 1. The molecule has 3 heterocycles. The number of fused-ring (bicyclic) bond motifs is 1. The zero-order valence-corrected chi connectivity index (χ0v) is 15.3. The fourth-order valence-corrected chi connectivity index (χ4v) is 3.24. The van der Waals surface area contributed by atoms with E-state index in [-0.39, 0.29) is 5.91 Å². The van der Waals surface area contributed by atoms with Crippen LogP contribution >= 0.6 is 11.3 Å². The van der Waals surface area contributed by atoms with E-state index in [1.807, 2.05) is 51.2 Å². The lowest BCUT2D eigenvalue weighted by molar-refractivity contribution is 0.103. The predicted octanol–water partition coefficient (Wildman–Crippen LogP) is 3.43. The Labute approximate surface area is 153 Å². The minimum absolute atomic E-state index is 0.148. The smallest absolute Gasteiger partial charge is 0.267 e. The SMILES string of the molecule is Cc1nc2nc(-c3ccc(NC(=O)c4scnc4C)cc3)cn2nc1C. The lowest BCUT2D eigenvalue weighted by Gasteiger charge is -2.05. The molecule has 0 bridgehead atoms. The first kappa shape index (κ1) is 16.3. The number of nitrogens with one attached hydrogen (secondary N) is 1. The molecule has 0 saturated heterocycles. The second-order valence-electron chi connectivity index (χ2n) is 5.95. The van der Waals surface area contributed by atoms with Crippen LogP contribution in [0, 0.1) is 20.8 Å². The molecule has 0 aliphatic rings. The van der Waals surface area contributed by atoms with Gasteiger partial charge >= 0.3 is 0 Å². The highest BCUT2D eigenvalue weighted by molar-refractivity contribution is 7.12. The van der Waals surface area contributed by atoms with Gasteiger partial charge in [0.05, 0.1) is 34.5 Å². The van der Waals surface area contributed by atoms with Crippen LogP contribution in [-0.4, -0.2) is 30.5 Å². The molecular weight excluding hydrogens is 348 g/mol. The van der Waals surface area contributed by atoms with Gasteiger partial charge in [0.2, 0.25) is 0 Å². The minimum atomic E-state index is -0.148. The first-order valence-corrected chi connectivity index (χ1v) is 8.92. The number of aromatic nitrogens is 5. The summed E-state index contributed by atoms with van der Waals surface area (Å²) in [6.45, 7) is 5.66. The van der Waals surface area contributed by atoms with Crippen LogP contribution in [0.1, 0.15) is 26.8 Å². The summed E-state index contributed by atoms with van der Waals surface area (Å²) in [5, 5.41) is 7.33.